The van der Waals surface area contributed by atoms with E-state index in [4.69, 9.17) is 0 Å². The van der Waals surface area contributed by atoms with E-state index in [2.05, 4.69) is 45.8 Å². The summed E-state index contributed by atoms with van der Waals surface area (Å²) in [5.41, 5.74) is 2.42. The molecule has 2 heterocycles. The zero-order chi connectivity index (χ0) is 15.9. The summed E-state index contributed by atoms with van der Waals surface area (Å²) in [6.45, 7) is 3.28. The monoisotopic (exact) mass is 327 g/mol. The smallest absolute Gasteiger partial charge is 0.0659 e. The highest BCUT2D eigenvalue weighted by Crippen LogP contribution is 2.14. The molecule has 3 rings (SSSR count). The Bertz CT molecular complexity index is 694. The molecule has 0 fully saturated rings. The lowest BCUT2D eigenvalue weighted by Crippen LogP contribution is -2.25. The molecule has 0 aliphatic carbocycles. The van der Waals surface area contributed by atoms with Gasteiger partial charge in [-0.1, -0.05) is 36.4 Å². The average molecular weight is 327 g/mol. The quantitative estimate of drug-likeness (QED) is 0.691. The van der Waals surface area contributed by atoms with Gasteiger partial charge in [0.15, 0.2) is 0 Å². The van der Waals surface area contributed by atoms with Gasteiger partial charge in [0.25, 0.3) is 0 Å². The van der Waals surface area contributed by atoms with E-state index >= 15 is 0 Å². The maximum Gasteiger partial charge on any atom is 0.0659 e. The molecule has 1 aromatic carbocycles. The van der Waals surface area contributed by atoms with Gasteiger partial charge in [-0.3, -0.25) is 9.58 Å². The maximum absolute atomic E-state index is 9.28. The number of hydrogen-bond acceptors (Lipinski definition) is 4. The van der Waals surface area contributed by atoms with Crippen molar-refractivity contribution in [3.8, 4) is 0 Å². The van der Waals surface area contributed by atoms with Gasteiger partial charge in [0.1, 0.15) is 0 Å². The highest BCUT2D eigenvalue weighted by Gasteiger charge is 2.09. The van der Waals surface area contributed by atoms with Crippen LogP contribution in [0.25, 0.3) is 0 Å². The van der Waals surface area contributed by atoms with Crippen LogP contribution >= 0.6 is 11.3 Å². The van der Waals surface area contributed by atoms with Crippen LogP contribution in [0.4, 0.5) is 0 Å². The summed E-state index contributed by atoms with van der Waals surface area (Å²) in [5, 5.41) is 15.8. The molecule has 3 aromatic rings. The van der Waals surface area contributed by atoms with E-state index in [0.29, 0.717) is 6.54 Å². The molecule has 0 saturated heterocycles. The molecule has 0 unspecified atom stereocenters. The molecule has 120 valence electrons. The third-order valence-corrected chi connectivity index (χ3v) is 4.52. The van der Waals surface area contributed by atoms with Gasteiger partial charge in [-0.05, 0) is 17.0 Å². The predicted molar refractivity (Wildman–Crippen MR) is 93.3 cm³/mol. The lowest BCUT2D eigenvalue weighted by atomic mass is 10.2. The predicted octanol–water partition coefficient (Wildman–Crippen LogP) is 2.99. The fourth-order valence-corrected chi connectivity index (χ4v) is 3.33. The van der Waals surface area contributed by atoms with Crippen molar-refractivity contribution in [1.82, 2.24) is 14.7 Å². The van der Waals surface area contributed by atoms with E-state index in [1.54, 1.807) is 11.3 Å². The van der Waals surface area contributed by atoms with E-state index in [1.807, 2.05) is 29.1 Å². The molecule has 0 amide bonds. The Morgan fingerprint density at radius 3 is 2.65 bits per heavy atom. The zero-order valence-corrected chi connectivity index (χ0v) is 13.8. The minimum absolute atomic E-state index is 0.170. The first-order chi connectivity index (χ1) is 11.3. The Kier molecular flexibility index (Phi) is 5.58. The van der Waals surface area contributed by atoms with Crippen LogP contribution in [-0.4, -0.2) is 32.9 Å². The lowest BCUT2D eigenvalue weighted by Gasteiger charge is -2.19. The standard InChI is InChI=1S/C18H21N3OS/c22-9-8-20(15-18-7-4-10-23-18)12-17-11-19-21(14-17)13-16-5-2-1-3-6-16/h1-7,10-11,14,22H,8-9,12-13,15H2. The van der Waals surface area contributed by atoms with Gasteiger partial charge in [0.05, 0.1) is 19.3 Å². The van der Waals surface area contributed by atoms with Crippen LogP contribution in [0.5, 0.6) is 0 Å². The van der Waals surface area contributed by atoms with E-state index in [9.17, 15) is 5.11 Å². The Balaban J connectivity index is 1.62. The lowest BCUT2D eigenvalue weighted by molar-refractivity contribution is 0.185. The number of nitrogens with zero attached hydrogens (tertiary/aromatic N) is 3. The molecule has 0 aliphatic rings. The molecular formula is C18H21N3OS. The summed E-state index contributed by atoms with van der Waals surface area (Å²) >= 11 is 1.75. The number of thiophene rings is 1. The SMILES string of the molecule is OCCN(Cc1cnn(Cc2ccccc2)c1)Cc1cccs1. The maximum atomic E-state index is 9.28. The third-order valence-electron chi connectivity index (χ3n) is 3.66. The Morgan fingerprint density at radius 1 is 1.04 bits per heavy atom. The van der Waals surface area contributed by atoms with Crippen molar-refractivity contribution in [2.45, 2.75) is 19.6 Å². The van der Waals surface area contributed by atoms with E-state index in [0.717, 1.165) is 19.6 Å². The van der Waals surface area contributed by atoms with Crippen LogP contribution in [0, 0.1) is 0 Å². The summed E-state index contributed by atoms with van der Waals surface area (Å²) in [6.07, 6.45) is 4.01. The van der Waals surface area contributed by atoms with Crippen molar-refractivity contribution < 1.29 is 5.11 Å². The van der Waals surface area contributed by atoms with E-state index < -0.39 is 0 Å². The summed E-state index contributed by atoms with van der Waals surface area (Å²) in [5.74, 6) is 0. The van der Waals surface area contributed by atoms with Crippen LogP contribution in [0.1, 0.15) is 16.0 Å². The summed E-state index contributed by atoms with van der Waals surface area (Å²) in [4.78, 5) is 3.56. The fraction of sp³-hybridized carbons (Fsp3) is 0.278. The van der Waals surface area contributed by atoms with E-state index in [1.165, 1.54) is 16.0 Å². The molecule has 0 atom stereocenters. The molecule has 4 nitrogen and oxygen atoms in total. The number of aliphatic hydroxyl groups excluding tert-OH is 1. The summed E-state index contributed by atoms with van der Waals surface area (Å²) in [6, 6.07) is 14.5. The molecule has 23 heavy (non-hydrogen) atoms. The van der Waals surface area contributed by atoms with Crippen molar-refractivity contribution >= 4 is 11.3 Å². The molecule has 1 N–H and O–H groups in total. The average Bonchev–Trinajstić information content (AvgIpc) is 3.21. The van der Waals surface area contributed by atoms with Crippen LogP contribution in [0.2, 0.25) is 0 Å². The Labute approximate surface area is 140 Å². The Morgan fingerprint density at radius 2 is 1.91 bits per heavy atom. The van der Waals surface area contributed by atoms with Gasteiger partial charge >= 0.3 is 0 Å². The van der Waals surface area contributed by atoms with Crippen molar-refractivity contribution in [2.75, 3.05) is 13.2 Å². The van der Waals surface area contributed by atoms with Crippen LogP contribution in [0.15, 0.2) is 60.2 Å². The minimum Gasteiger partial charge on any atom is -0.395 e. The number of hydrogen-bond donors (Lipinski definition) is 1. The second-order valence-corrected chi connectivity index (χ2v) is 6.58. The summed E-state index contributed by atoms with van der Waals surface area (Å²) in [7, 11) is 0. The second kappa shape index (κ2) is 8.06. The van der Waals surface area contributed by atoms with Gasteiger partial charge < -0.3 is 5.11 Å². The minimum atomic E-state index is 0.170. The number of rotatable bonds is 8. The normalized spacial score (nSPS) is 11.2. The molecule has 0 radical (unpaired) electrons. The first-order valence-corrected chi connectivity index (χ1v) is 8.62. The first kappa shape index (κ1) is 15.9. The van der Waals surface area contributed by atoms with Crippen molar-refractivity contribution in [3.63, 3.8) is 0 Å². The highest BCUT2D eigenvalue weighted by atomic mass is 32.1. The molecule has 0 spiro atoms. The topological polar surface area (TPSA) is 41.3 Å². The zero-order valence-electron chi connectivity index (χ0n) is 13.0. The van der Waals surface area contributed by atoms with Gasteiger partial charge in [-0.25, -0.2) is 0 Å². The number of aliphatic hydroxyl groups is 1. The first-order valence-electron chi connectivity index (χ1n) is 7.74. The number of benzene rings is 1. The van der Waals surface area contributed by atoms with Crippen molar-refractivity contribution in [3.05, 3.63) is 76.2 Å². The molecular weight excluding hydrogens is 306 g/mol. The third kappa shape index (κ3) is 4.76. The Hall–Kier alpha value is -1.95. The van der Waals surface area contributed by atoms with Crippen LogP contribution in [0.3, 0.4) is 0 Å². The van der Waals surface area contributed by atoms with Crippen LogP contribution < -0.4 is 0 Å². The molecule has 2 aromatic heterocycles. The van der Waals surface area contributed by atoms with Crippen LogP contribution in [-0.2, 0) is 19.6 Å². The molecule has 0 saturated carbocycles. The second-order valence-electron chi connectivity index (χ2n) is 5.55. The fourth-order valence-electron chi connectivity index (χ4n) is 2.58. The van der Waals surface area contributed by atoms with Gasteiger partial charge in [0, 0.05) is 36.3 Å². The summed E-state index contributed by atoms with van der Waals surface area (Å²) < 4.78 is 1.97. The highest BCUT2D eigenvalue weighted by molar-refractivity contribution is 7.09. The van der Waals surface area contributed by atoms with Crippen molar-refractivity contribution in [1.29, 1.82) is 0 Å². The van der Waals surface area contributed by atoms with E-state index in [-0.39, 0.29) is 6.61 Å². The number of aromatic nitrogens is 2. The largest absolute Gasteiger partial charge is 0.395 e. The molecule has 5 heteroatoms. The molecule has 0 bridgehead atoms. The van der Waals surface area contributed by atoms with Gasteiger partial charge in [0.2, 0.25) is 0 Å². The van der Waals surface area contributed by atoms with Gasteiger partial charge in [-0.15, -0.1) is 11.3 Å². The van der Waals surface area contributed by atoms with Gasteiger partial charge in [-0.2, -0.15) is 5.10 Å². The van der Waals surface area contributed by atoms with Crippen molar-refractivity contribution in [2.24, 2.45) is 0 Å². The molecule has 0 aliphatic heterocycles.